The van der Waals surface area contributed by atoms with Crippen LogP contribution in [0.25, 0.3) is 0 Å². The Kier molecular flexibility index (Phi) is 4.56. The Labute approximate surface area is 115 Å². The average molecular weight is 279 g/mol. The molecule has 0 bridgehead atoms. The molecule has 0 spiro atoms. The maximum Gasteiger partial charge on any atom is 0.159 e. The lowest BCUT2D eigenvalue weighted by Crippen LogP contribution is -2.22. The summed E-state index contributed by atoms with van der Waals surface area (Å²) >= 11 is 1.44. The summed E-state index contributed by atoms with van der Waals surface area (Å²) < 4.78 is 26.1. The molecule has 19 heavy (non-hydrogen) atoms. The van der Waals surface area contributed by atoms with Crippen molar-refractivity contribution in [3.8, 4) is 0 Å². The molecule has 2 rings (SSSR count). The smallest absolute Gasteiger partial charge is 0.159 e. The standard InChI is InChI=1S/C15H15F2NS/c1-10(18)15(11-5-3-2-4-6-11)19-12-7-8-13(16)14(17)9-12/h2-10,15H,18H2,1H3. The molecule has 2 atom stereocenters. The van der Waals surface area contributed by atoms with Crippen molar-refractivity contribution in [2.24, 2.45) is 5.73 Å². The quantitative estimate of drug-likeness (QED) is 0.851. The van der Waals surface area contributed by atoms with E-state index < -0.39 is 11.6 Å². The van der Waals surface area contributed by atoms with Crippen LogP contribution in [0.5, 0.6) is 0 Å². The summed E-state index contributed by atoms with van der Waals surface area (Å²) in [6.45, 7) is 1.91. The third-order valence-corrected chi connectivity index (χ3v) is 4.24. The molecule has 0 aliphatic heterocycles. The van der Waals surface area contributed by atoms with Gasteiger partial charge >= 0.3 is 0 Å². The van der Waals surface area contributed by atoms with Crippen molar-refractivity contribution in [2.75, 3.05) is 0 Å². The largest absolute Gasteiger partial charge is 0.327 e. The van der Waals surface area contributed by atoms with Gasteiger partial charge in [-0.15, -0.1) is 11.8 Å². The highest BCUT2D eigenvalue weighted by Crippen LogP contribution is 2.37. The molecule has 0 heterocycles. The third-order valence-electron chi connectivity index (χ3n) is 2.76. The van der Waals surface area contributed by atoms with E-state index in [1.54, 1.807) is 6.07 Å². The first-order chi connectivity index (χ1) is 9.08. The van der Waals surface area contributed by atoms with Gasteiger partial charge in [-0.2, -0.15) is 0 Å². The number of rotatable bonds is 4. The van der Waals surface area contributed by atoms with Crippen LogP contribution in [0.4, 0.5) is 8.78 Å². The minimum Gasteiger partial charge on any atom is -0.327 e. The molecule has 0 aromatic heterocycles. The zero-order valence-corrected chi connectivity index (χ0v) is 11.3. The molecule has 2 aromatic carbocycles. The van der Waals surface area contributed by atoms with Gasteiger partial charge in [0.2, 0.25) is 0 Å². The summed E-state index contributed by atoms with van der Waals surface area (Å²) in [5.41, 5.74) is 7.07. The second-order valence-corrected chi connectivity index (χ2v) is 5.60. The monoisotopic (exact) mass is 279 g/mol. The molecule has 0 aliphatic rings. The first-order valence-corrected chi connectivity index (χ1v) is 6.88. The maximum absolute atomic E-state index is 13.2. The Hall–Kier alpha value is -1.39. The van der Waals surface area contributed by atoms with Crippen LogP contribution in [0, 0.1) is 11.6 Å². The van der Waals surface area contributed by atoms with Crippen molar-refractivity contribution in [1.82, 2.24) is 0 Å². The summed E-state index contributed by atoms with van der Waals surface area (Å²) in [6, 6.07) is 13.6. The summed E-state index contributed by atoms with van der Waals surface area (Å²) in [5.74, 6) is -1.66. The Morgan fingerprint density at radius 2 is 1.68 bits per heavy atom. The molecule has 0 radical (unpaired) electrons. The van der Waals surface area contributed by atoms with Gasteiger partial charge in [0.15, 0.2) is 11.6 Å². The van der Waals surface area contributed by atoms with Crippen molar-refractivity contribution in [3.05, 3.63) is 65.7 Å². The first kappa shape index (κ1) is 14.0. The van der Waals surface area contributed by atoms with Gasteiger partial charge in [-0.05, 0) is 30.7 Å². The van der Waals surface area contributed by atoms with Gasteiger partial charge in [0.1, 0.15) is 0 Å². The molecule has 0 saturated carbocycles. The Bertz CT molecular complexity index is 543. The van der Waals surface area contributed by atoms with Crippen LogP contribution in [-0.2, 0) is 0 Å². The first-order valence-electron chi connectivity index (χ1n) is 6.00. The van der Waals surface area contributed by atoms with Crippen LogP contribution in [0.1, 0.15) is 17.7 Å². The lowest BCUT2D eigenvalue weighted by atomic mass is 10.1. The van der Waals surface area contributed by atoms with Crippen LogP contribution in [0.2, 0.25) is 0 Å². The molecule has 2 unspecified atom stereocenters. The van der Waals surface area contributed by atoms with E-state index in [9.17, 15) is 8.78 Å². The van der Waals surface area contributed by atoms with Crippen molar-refractivity contribution in [3.63, 3.8) is 0 Å². The van der Waals surface area contributed by atoms with Crippen molar-refractivity contribution in [2.45, 2.75) is 23.1 Å². The lowest BCUT2D eigenvalue weighted by molar-refractivity contribution is 0.506. The normalized spacial score (nSPS) is 14.1. The van der Waals surface area contributed by atoms with Crippen molar-refractivity contribution < 1.29 is 8.78 Å². The minimum atomic E-state index is -0.832. The number of hydrogen-bond acceptors (Lipinski definition) is 2. The topological polar surface area (TPSA) is 26.0 Å². The predicted octanol–water partition coefficient (Wildman–Crippen LogP) is 4.15. The Morgan fingerprint density at radius 3 is 2.26 bits per heavy atom. The molecule has 0 saturated heterocycles. The zero-order valence-electron chi connectivity index (χ0n) is 10.5. The maximum atomic E-state index is 13.2. The van der Waals surface area contributed by atoms with Gasteiger partial charge in [-0.25, -0.2) is 8.78 Å². The molecular weight excluding hydrogens is 264 g/mol. The molecule has 0 aliphatic carbocycles. The van der Waals surface area contributed by atoms with Gasteiger partial charge in [0, 0.05) is 16.2 Å². The van der Waals surface area contributed by atoms with E-state index in [1.807, 2.05) is 37.3 Å². The second-order valence-electron chi connectivity index (χ2n) is 4.38. The van der Waals surface area contributed by atoms with E-state index in [4.69, 9.17) is 5.73 Å². The van der Waals surface area contributed by atoms with E-state index in [2.05, 4.69) is 0 Å². The fourth-order valence-electron chi connectivity index (χ4n) is 1.82. The van der Waals surface area contributed by atoms with E-state index in [-0.39, 0.29) is 11.3 Å². The fourth-order valence-corrected chi connectivity index (χ4v) is 2.94. The minimum absolute atomic E-state index is 0.00561. The van der Waals surface area contributed by atoms with Gasteiger partial charge in [0.25, 0.3) is 0 Å². The number of halogens is 2. The SMILES string of the molecule is CC(N)C(Sc1ccc(F)c(F)c1)c1ccccc1. The van der Waals surface area contributed by atoms with Crippen molar-refractivity contribution >= 4 is 11.8 Å². The molecule has 2 N–H and O–H groups in total. The number of hydrogen-bond donors (Lipinski definition) is 1. The summed E-state index contributed by atoms with van der Waals surface area (Å²) in [6.07, 6.45) is 0. The molecule has 0 amide bonds. The van der Waals surface area contributed by atoms with Gasteiger partial charge in [-0.1, -0.05) is 30.3 Å². The average Bonchev–Trinajstić information content (AvgIpc) is 2.40. The highest BCUT2D eigenvalue weighted by Gasteiger charge is 2.18. The second kappa shape index (κ2) is 6.17. The number of benzene rings is 2. The zero-order chi connectivity index (χ0) is 13.8. The van der Waals surface area contributed by atoms with Gasteiger partial charge in [-0.3, -0.25) is 0 Å². The third kappa shape index (κ3) is 3.55. The van der Waals surface area contributed by atoms with E-state index in [0.717, 1.165) is 11.6 Å². The van der Waals surface area contributed by atoms with Crippen LogP contribution >= 0.6 is 11.8 Å². The molecule has 2 aromatic rings. The Balaban J connectivity index is 2.24. The molecule has 0 fully saturated rings. The van der Waals surface area contributed by atoms with Crippen LogP contribution in [0.3, 0.4) is 0 Å². The molecular formula is C15H15F2NS. The summed E-state index contributed by atoms with van der Waals surface area (Å²) in [7, 11) is 0. The number of nitrogens with two attached hydrogens (primary N) is 1. The number of thioether (sulfide) groups is 1. The van der Waals surface area contributed by atoms with Crippen LogP contribution in [0.15, 0.2) is 53.4 Å². The van der Waals surface area contributed by atoms with Gasteiger partial charge < -0.3 is 5.73 Å². The van der Waals surface area contributed by atoms with E-state index in [1.165, 1.54) is 17.8 Å². The van der Waals surface area contributed by atoms with E-state index in [0.29, 0.717) is 4.90 Å². The van der Waals surface area contributed by atoms with Gasteiger partial charge in [0.05, 0.1) is 0 Å². The summed E-state index contributed by atoms with van der Waals surface area (Å²) in [5, 5.41) is 0.00561. The predicted molar refractivity (Wildman–Crippen MR) is 75.0 cm³/mol. The highest BCUT2D eigenvalue weighted by molar-refractivity contribution is 7.99. The molecule has 100 valence electrons. The molecule has 1 nitrogen and oxygen atoms in total. The fraction of sp³-hybridized carbons (Fsp3) is 0.200. The Morgan fingerprint density at radius 1 is 1.00 bits per heavy atom. The lowest BCUT2D eigenvalue weighted by Gasteiger charge is -2.20. The highest BCUT2D eigenvalue weighted by atomic mass is 32.2. The van der Waals surface area contributed by atoms with E-state index >= 15 is 0 Å². The summed E-state index contributed by atoms with van der Waals surface area (Å²) in [4.78, 5) is 0.671. The van der Waals surface area contributed by atoms with Crippen LogP contribution < -0.4 is 5.73 Å². The molecule has 4 heteroatoms. The van der Waals surface area contributed by atoms with Crippen molar-refractivity contribution in [1.29, 1.82) is 0 Å². The van der Waals surface area contributed by atoms with Crippen LogP contribution in [-0.4, -0.2) is 6.04 Å².